The van der Waals surface area contributed by atoms with Crippen molar-refractivity contribution in [3.05, 3.63) is 40.3 Å². The van der Waals surface area contributed by atoms with E-state index in [0.29, 0.717) is 10.9 Å². The van der Waals surface area contributed by atoms with Gasteiger partial charge in [-0.1, -0.05) is 18.7 Å². The summed E-state index contributed by atoms with van der Waals surface area (Å²) < 4.78 is 0. The highest BCUT2D eigenvalue weighted by Crippen LogP contribution is 2.20. The lowest BCUT2D eigenvalue weighted by molar-refractivity contribution is 0.102. The summed E-state index contributed by atoms with van der Waals surface area (Å²) in [5, 5.41) is 0.646. The van der Waals surface area contributed by atoms with Gasteiger partial charge in [-0.15, -0.1) is 11.3 Å². The molecule has 0 N–H and O–H groups in total. The van der Waals surface area contributed by atoms with Crippen LogP contribution in [-0.4, -0.2) is 21.5 Å². The van der Waals surface area contributed by atoms with Gasteiger partial charge in [-0.3, -0.25) is 4.79 Å². The Bertz CT molecular complexity index is 496. The second-order valence-corrected chi connectivity index (χ2v) is 5.47. The molecule has 2 rings (SSSR count). The maximum Gasteiger partial charge on any atom is 0.187 e. The Morgan fingerprint density at radius 3 is 2.76 bits per heavy atom. The predicted molar refractivity (Wildman–Crippen MR) is 70.8 cm³/mol. The van der Waals surface area contributed by atoms with Crippen LogP contribution >= 0.6 is 23.1 Å². The van der Waals surface area contributed by atoms with Crippen LogP contribution in [0.4, 0.5) is 0 Å². The van der Waals surface area contributed by atoms with Gasteiger partial charge in [0.05, 0.1) is 10.6 Å². The summed E-state index contributed by atoms with van der Waals surface area (Å²) >= 11 is 2.95. The van der Waals surface area contributed by atoms with Crippen molar-refractivity contribution in [3.8, 4) is 0 Å². The van der Waals surface area contributed by atoms with Crippen molar-refractivity contribution in [1.82, 2.24) is 9.97 Å². The Morgan fingerprint density at radius 2 is 2.12 bits per heavy atom. The van der Waals surface area contributed by atoms with E-state index in [1.807, 2.05) is 12.1 Å². The minimum atomic E-state index is 0.146. The number of rotatable bonds is 5. The number of aryl methyl sites for hydroxylation is 1. The molecule has 0 aliphatic heterocycles. The first-order valence-electron chi connectivity index (χ1n) is 5.31. The van der Waals surface area contributed by atoms with Crippen molar-refractivity contribution in [2.75, 3.05) is 5.75 Å². The quantitative estimate of drug-likeness (QED) is 0.473. The molecule has 0 amide bonds. The molecular weight excluding hydrogens is 252 g/mol. The molecule has 0 atom stereocenters. The van der Waals surface area contributed by atoms with Crippen LogP contribution in [0.2, 0.25) is 0 Å². The molecule has 0 fully saturated rings. The fourth-order valence-electron chi connectivity index (χ4n) is 1.28. The number of ketones is 1. The summed E-state index contributed by atoms with van der Waals surface area (Å²) in [7, 11) is 0. The van der Waals surface area contributed by atoms with Gasteiger partial charge in [-0.2, -0.15) is 0 Å². The molecule has 0 saturated carbocycles. The summed E-state index contributed by atoms with van der Waals surface area (Å²) in [6.45, 7) is 2.09. The van der Waals surface area contributed by atoms with E-state index < -0.39 is 0 Å². The molecule has 3 nitrogen and oxygen atoms in total. The smallest absolute Gasteiger partial charge is 0.187 e. The van der Waals surface area contributed by atoms with E-state index in [4.69, 9.17) is 0 Å². The van der Waals surface area contributed by atoms with Crippen LogP contribution in [0.15, 0.2) is 35.7 Å². The molecule has 0 saturated heterocycles. The Kier molecular flexibility index (Phi) is 4.28. The molecule has 0 aromatic carbocycles. The molecule has 0 spiro atoms. The largest absolute Gasteiger partial charge is 0.292 e. The summed E-state index contributed by atoms with van der Waals surface area (Å²) in [4.78, 5) is 22.1. The maximum atomic E-state index is 11.9. The zero-order valence-electron chi connectivity index (χ0n) is 9.42. The van der Waals surface area contributed by atoms with E-state index in [1.165, 1.54) is 16.6 Å². The molecule has 0 aliphatic carbocycles. The topological polar surface area (TPSA) is 42.9 Å². The number of aromatic nitrogens is 2. The van der Waals surface area contributed by atoms with Gasteiger partial charge in [0.25, 0.3) is 0 Å². The van der Waals surface area contributed by atoms with Gasteiger partial charge >= 0.3 is 0 Å². The molecule has 2 heterocycles. The van der Waals surface area contributed by atoms with Gasteiger partial charge in [0.1, 0.15) is 0 Å². The van der Waals surface area contributed by atoms with Gasteiger partial charge in [-0.05, 0) is 24.6 Å². The van der Waals surface area contributed by atoms with Crippen LogP contribution in [-0.2, 0) is 6.42 Å². The monoisotopic (exact) mass is 264 g/mol. The highest BCUT2D eigenvalue weighted by Gasteiger charge is 2.10. The van der Waals surface area contributed by atoms with E-state index in [0.717, 1.165) is 11.3 Å². The normalized spacial score (nSPS) is 10.4. The lowest BCUT2D eigenvalue weighted by Gasteiger charge is -1.97. The molecular formula is C12H12N2OS2. The fraction of sp³-hybridized carbons (Fsp3) is 0.250. The lowest BCUT2D eigenvalue weighted by Crippen LogP contribution is -2.00. The van der Waals surface area contributed by atoms with Gasteiger partial charge in [0.15, 0.2) is 10.9 Å². The summed E-state index contributed by atoms with van der Waals surface area (Å²) in [6.07, 6.45) is 4.34. The van der Waals surface area contributed by atoms with Crippen LogP contribution in [0.3, 0.4) is 0 Å². The number of carbonyl (C=O) groups is 1. The zero-order chi connectivity index (χ0) is 12.1. The number of hydrogen-bond donors (Lipinski definition) is 0. The van der Waals surface area contributed by atoms with Crippen LogP contribution in [0.1, 0.15) is 21.5 Å². The number of Topliss-reactive ketones (excluding diaryl/α,β-unsaturated/α-hetero) is 1. The standard InChI is InChI=1S/C12H12N2OS2/c1-2-9-4-5-11(17-9)10(15)8-16-12-13-6-3-7-14-12/h3-7H,2,8H2,1H3. The predicted octanol–water partition coefficient (Wildman–Crippen LogP) is 3.08. The van der Waals surface area contributed by atoms with Crippen molar-refractivity contribution in [2.24, 2.45) is 0 Å². The number of thioether (sulfide) groups is 1. The third-order valence-corrected chi connectivity index (χ3v) is 4.31. The molecule has 0 unspecified atom stereocenters. The van der Waals surface area contributed by atoms with Gasteiger partial charge in [0, 0.05) is 17.3 Å². The molecule has 2 aromatic rings. The number of carbonyl (C=O) groups excluding carboxylic acids is 1. The SMILES string of the molecule is CCc1ccc(C(=O)CSc2ncccn2)s1. The summed E-state index contributed by atoms with van der Waals surface area (Å²) in [5.41, 5.74) is 0. The van der Waals surface area contributed by atoms with Crippen LogP contribution < -0.4 is 0 Å². The third-order valence-electron chi connectivity index (χ3n) is 2.16. The van der Waals surface area contributed by atoms with Crippen molar-refractivity contribution in [1.29, 1.82) is 0 Å². The van der Waals surface area contributed by atoms with E-state index in [1.54, 1.807) is 29.8 Å². The van der Waals surface area contributed by atoms with Crippen LogP contribution in [0, 0.1) is 0 Å². The highest BCUT2D eigenvalue weighted by molar-refractivity contribution is 7.99. The average Bonchev–Trinajstić information content (AvgIpc) is 2.86. The van der Waals surface area contributed by atoms with Crippen molar-refractivity contribution >= 4 is 28.9 Å². The Balaban J connectivity index is 1.93. The molecule has 17 heavy (non-hydrogen) atoms. The third kappa shape index (κ3) is 3.38. The van der Waals surface area contributed by atoms with Crippen molar-refractivity contribution in [2.45, 2.75) is 18.5 Å². The Labute approximate surface area is 108 Å². The lowest BCUT2D eigenvalue weighted by atomic mass is 10.3. The van der Waals surface area contributed by atoms with Crippen molar-refractivity contribution in [3.63, 3.8) is 0 Å². The summed E-state index contributed by atoms with van der Waals surface area (Å²) in [5.74, 6) is 0.542. The van der Waals surface area contributed by atoms with Gasteiger partial charge < -0.3 is 0 Å². The molecule has 5 heteroatoms. The van der Waals surface area contributed by atoms with E-state index >= 15 is 0 Å². The molecule has 0 aliphatic rings. The van der Waals surface area contributed by atoms with Gasteiger partial charge in [0.2, 0.25) is 0 Å². The number of hydrogen-bond acceptors (Lipinski definition) is 5. The first-order valence-corrected chi connectivity index (χ1v) is 7.11. The molecule has 88 valence electrons. The second kappa shape index (κ2) is 5.93. The zero-order valence-corrected chi connectivity index (χ0v) is 11.1. The second-order valence-electron chi connectivity index (χ2n) is 3.36. The van der Waals surface area contributed by atoms with Crippen molar-refractivity contribution < 1.29 is 4.79 Å². The van der Waals surface area contributed by atoms with E-state index in [9.17, 15) is 4.79 Å². The van der Waals surface area contributed by atoms with Gasteiger partial charge in [-0.25, -0.2) is 9.97 Å². The van der Waals surface area contributed by atoms with E-state index in [-0.39, 0.29) is 5.78 Å². The maximum absolute atomic E-state index is 11.9. The Morgan fingerprint density at radius 1 is 1.35 bits per heavy atom. The molecule has 0 radical (unpaired) electrons. The molecule has 0 bridgehead atoms. The highest BCUT2D eigenvalue weighted by atomic mass is 32.2. The molecule has 2 aromatic heterocycles. The minimum absolute atomic E-state index is 0.146. The number of thiophene rings is 1. The fourth-order valence-corrected chi connectivity index (χ4v) is 2.94. The van der Waals surface area contributed by atoms with Crippen LogP contribution in [0.25, 0.3) is 0 Å². The van der Waals surface area contributed by atoms with Crippen LogP contribution in [0.5, 0.6) is 0 Å². The first kappa shape index (κ1) is 12.3. The average molecular weight is 264 g/mol. The first-order chi connectivity index (χ1) is 8.29. The minimum Gasteiger partial charge on any atom is -0.292 e. The Hall–Kier alpha value is -1.20. The summed E-state index contributed by atoms with van der Waals surface area (Å²) in [6, 6.07) is 5.68. The van der Waals surface area contributed by atoms with E-state index in [2.05, 4.69) is 16.9 Å². The number of nitrogens with zero attached hydrogens (tertiary/aromatic N) is 2.